The second-order valence-electron chi connectivity index (χ2n) is 8.70. The van der Waals surface area contributed by atoms with E-state index in [0.29, 0.717) is 40.0 Å². The molecule has 1 aliphatic carbocycles. The predicted molar refractivity (Wildman–Crippen MR) is 120 cm³/mol. The van der Waals surface area contributed by atoms with Crippen LogP contribution in [0.25, 0.3) is 0 Å². The van der Waals surface area contributed by atoms with Gasteiger partial charge in [0, 0.05) is 23.1 Å². The maximum Gasteiger partial charge on any atom is 0.491 e. The summed E-state index contributed by atoms with van der Waals surface area (Å²) in [6, 6.07) is 7.31. The van der Waals surface area contributed by atoms with E-state index in [1.54, 1.807) is 18.2 Å². The molecule has 0 unspecified atom stereocenters. The fraction of sp³-hybridized carbons (Fsp3) is 0.417. The Labute approximate surface area is 208 Å². The molecule has 1 aliphatic heterocycles. The number of piperidine rings is 1. The zero-order valence-corrected chi connectivity index (χ0v) is 19.9. The second-order valence-corrected chi connectivity index (χ2v) is 9.58. The minimum Gasteiger partial charge on any atom is -0.489 e. The fourth-order valence-electron chi connectivity index (χ4n) is 4.18. The highest BCUT2D eigenvalue weighted by atomic mass is 35.5. The lowest BCUT2D eigenvalue weighted by molar-refractivity contribution is -0.193. The van der Waals surface area contributed by atoms with Crippen LogP contribution < -0.4 is 4.74 Å². The number of likely N-dealkylation sites (tertiary alicyclic amines) is 1. The van der Waals surface area contributed by atoms with E-state index in [2.05, 4.69) is 9.64 Å². The van der Waals surface area contributed by atoms with E-state index >= 15 is 0 Å². The third-order valence-electron chi connectivity index (χ3n) is 5.88. The summed E-state index contributed by atoms with van der Waals surface area (Å²) in [5, 5.41) is 0.917. The quantitative estimate of drug-likeness (QED) is 0.248. The van der Waals surface area contributed by atoms with Crippen LogP contribution in [-0.2, 0) is 16.1 Å². The number of hydrogen-bond acceptors (Lipinski definition) is 5. The van der Waals surface area contributed by atoms with Crippen LogP contribution in [0.2, 0.25) is 10.0 Å². The van der Waals surface area contributed by atoms with E-state index in [0.717, 1.165) is 38.3 Å². The van der Waals surface area contributed by atoms with Gasteiger partial charge in [-0.15, -0.1) is 0 Å². The van der Waals surface area contributed by atoms with Crippen molar-refractivity contribution >= 4 is 35.1 Å². The minimum atomic E-state index is -5.35. The molecular weight excluding hydrogens is 513 g/mol. The van der Waals surface area contributed by atoms with Crippen LogP contribution in [-0.4, -0.2) is 42.2 Å². The number of carbonyl (C=O) groups excluding carboxylic acids is 2. The molecular formula is C24H21Cl2F4NO4. The van der Waals surface area contributed by atoms with Gasteiger partial charge in [0.2, 0.25) is 0 Å². The van der Waals surface area contributed by atoms with Crippen molar-refractivity contribution in [3.8, 4) is 5.75 Å². The second kappa shape index (κ2) is 10.3. The number of halogens is 6. The van der Waals surface area contributed by atoms with Gasteiger partial charge in [0.05, 0.1) is 5.56 Å². The molecule has 0 bridgehead atoms. The van der Waals surface area contributed by atoms with Crippen molar-refractivity contribution in [1.82, 2.24) is 4.90 Å². The number of nitrogens with zero attached hydrogens (tertiary/aromatic N) is 1. The molecule has 0 N–H and O–H groups in total. The monoisotopic (exact) mass is 533 g/mol. The van der Waals surface area contributed by atoms with Gasteiger partial charge in [-0.3, -0.25) is 4.90 Å². The highest BCUT2D eigenvalue weighted by Crippen LogP contribution is 2.43. The van der Waals surface area contributed by atoms with Crippen molar-refractivity contribution in [2.45, 2.75) is 50.4 Å². The first-order valence-corrected chi connectivity index (χ1v) is 11.8. The maximum absolute atomic E-state index is 14.7. The lowest BCUT2D eigenvalue weighted by Gasteiger charge is -2.33. The first-order chi connectivity index (χ1) is 16.5. The van der Waals surface area contributed by atoms with Gasteiger partial charge in [-0.2, -0.15) is 13.2 Å². The van der Waals surface area contributed by atoms with E-state index in [-0.39, 0.29) is 12.0 Å². The lowest BCUT2D eigenvalue weighted by atomic mass is 9.98. The molecule has 2 fully saturated rings. The van der Waals surface area contributed by atoms with Crippen LogP contribution in [0.4, 0.5) is 17.6 Å². The van der Waals surface area contributed by atoms with Crippen molar-refractivity contribution < 1.29 is 36.6 Å². The van der Waals surface area contributed by atoms with Crippen LogP contribution >= 0.6 is 23.2 Å². The summed E-state index contributed by atoms with van der Waals surface area (Å²) in [6.07, 6.45) is -2.22. The maximum atomic E-state index is 14.7. The summed E-state index contributed by atoms with van der Waals surface area (Å²) in [4.78, 5) is 25.1. The Balaban J connectivity index is 1.48. The third kappa shape index (κ3) is 6.65. The first-order valence-electron chi connectivity index (χ1n) is 11.0. The highest BCUT2D eigenvalue weighted by Gasteiger charge is 2.43. The van der Waals surface area contributed by atoms with Crippen molar-refractivity contribution in [2.24, 2.45) is 0 Å². The molecule has 188 valence electrons. The van der Waals surface area contributed by atoms with Gasteiger partial charge >= 0.3 is 18.1 Å². The molecule has 11 heteroatoms. The number of benzene rings is 2. The average Bonchev–Trinajstić information content (AvgIpc) is 3.58. The third-order valence-corrected chi connectivity index (χ3v) is 6.31. The Bertz CT molecular complexity index is 1120. The van der Waals surface area contributed by atoms with Crippen LogP contribution in [0.15, 0.2) is 30.3 Å². The molecule has 1 atom stereocenters. The number of alkyl halides is 3. The summed E-state index contributed by atoms with van der Waals surface area (Å²) in [5.74, 6) is -4.76. The Morgan fingerprint density at radius 2 is 1.71 bits per heavy atom. The average molecular weight is 534 g/mol. The van der Waals surface area contributed by atoms with Crippen molar-refractivity contribution in [2.75, 3.05) is 13.1 Å². The van der Waals surface area contributed by atoms with Crippen LogP contribution in [0.5, 0.6) is 5.75 Å². The molecule has 0 amide bonds. The molecule has 1 saturated carbocycles. The normalized spacial score (nSPS) is 18.9. The molecule has 0 radical (unpaired) electrons. The smallest absolute Gasteiger partial charge is 0.489 e. The molecule has 35 heavy (non-hydrogen) atoms. The number of hydrogen-bond donors (Lipinski definition) is 0. The van der Waals surface area contributed by atoms with Gasteiger partial charge in [0.25, 0.3) is 0 Å². The predicted octanol–water partition coefficient (Wildman–Crippen LogP) is 6.30. The lowest BCUT2D eigenvalue weighted by Crippen LogP contribution is -2.40. The van der Waals surface area contributed by atoms with Crippen molar-refractivity contribution in [3.05, 3.63) is 62.9 Å². The van der Waals surface area contributed by atoms with Gasteiger partial charge < -0.3 is 9.47 Å². The fourth-order valence-corrected chi connectivity index (χ4v) is 4.68. The molecule has 1 heterocycles. The molecule has 4 rings (SSSR count). The van der Waals surface area contributed by atoms with E-state index in [1.807, 2.05) is 0 Å². The van der Waals surface area contributed by atoms with Crippen LogP contribution in [0.1, 0.15) is 53.1 Å². The highest BCUT2D eigenvalue weighted by molar-refractivity contribution is 6.34. The molecule has 0 aromatic heterocycles. The largest absolute Gasteiger partial charge is 0.491 e. The van der Waals surface area contributed by atoms with Gasteiger partial charge in [0.15, 0.2) is 0 Å². The number of rotatable bonds is 6. The zero-order chi connectivity index (χ0) is 25.3. The standard InChI is InChI=1S/C24H21Cl2F4NO4/c25-15-7-16(26)9-18(8-15)34-17-2-1-5-31(12-17)11-14-6-21(27)20(10-19(14)13-3-4-13)22(32)35-23(33)24(28,29)30/h6-10,13,17H,1-5,11-12H2/t17-/m0/s1. The number of carbonyl (C=O) groups is 2. The number of ether oxygens (including phenoxy) is 2. The van der Waals surface area contributed by atoms with Crippen LogP contribution in [0.3, 0.4) is 0 Å². The summed E-state index contributed by atoms with van der Waals surface area (Å²) >= 11 is 12.1. The van der Waals surface area contributed by atoms with E-state index < -0.39 is 29.5 Å². The SMILES string of the molecule is O=C(OC(=O)C(F)(F)F)c1cc(C2CC2)c(CN2CCC[C@H](Oc3cc(Cl)cc(Cl)c3)C2)cc1F. The molecule has 2 aromatic carbocycles. The summed E-state index contributed by atoms with van der Waals surface area (Å²) in [5.41, 5.74) is 0.614. The summed E-state index contributed by atoms with van der Waals surface area (Å²) in [6.45, 7) is 1.67. The molecule has 1 saturated heterocycles. The Hall–Kier alpha value is -2.36. The van der Waals surface area contributed by atoms with Crippen molar-refractivity contribution in [1.29, 1.82) is 0 Å². The topological polar surface area (TPSA) is 55.8 Å². The summed E-state index contributed by atoms with van der Waals surface area (Å²) in [7, 11) is 0. The van der Waals surface area contributed by atoms with Gasteiger partial charge in [-0.1, -0.05) is 23.2 Å². The van der Waals surface area contributed by atoms with Crippen molar-refractivity contribution in [3.63, 3.8) is 0 Å². The van der Waals surface area contributed by atoms with E-state index in [4.69, 9.17) is 27.9 Å². The molecule has 2 aliphatic rings. The first kappa shape index (κ1) is 25.7. The Kier molecular flexibility index (Phi) is 7.59. The van der Waals surface area contributed by atoms with Gasteiger partial charge in [-0.05, 0) is 79.6 Å². The molecule has 0 spiro atoms. The van der Waals surface area contributed by atoms with E-state index in [1.165, 1.54) is 6.07 Å². The zero-order valence-electron chi connectivity index (χ0n) is 18.3. The Morgan fingerprint density at radius 3 is 2.34 bits per heavy atom. The van der Waals surface area contributed by atoms with Gasteiger partial charge in [0.1, 0.15) is 17.7 Å². The minimum absolute atomic E-state index is 0.0703. The molecule has 5 nitrogen and oxygen atoms in total. The number of esters is 2. The van der Waals surface area contributed by atoms with E-state index in [9.17, 15) is 27.2 Å². The molecule has 2 aromatic rings. The summed E-state index contributed by atoms with van der Waals surface area (Å²) < 4.78 is 61.9. The Morgan fingerprint density at radius 1 is 1.03 bits per heavy atom. The van der Waals surface area contributed by atoms with Gasteiger partial charge in [-0.25, -0.2) is 14.0 Å². The van der Waals surface area contributed by atoms with Crippen LogP contribution in [0, 0.1) is 5.82 Å².